The molecule has 1 aromatic carbocycles. The fraction of sp³-hybridized carbons (Fsp3) is 0.200. The van der Waals surface area contributed by atoms with Gasteiger partial charge in [0.2, 0.25) is 5.88 Å². The number of rotatable bonds is 5. The molecule has 5 nitrogen and oxygen atoms in total. The highest BCUT2D eigenvalue weighted by Gasteiger charge is 2.07. The van der Waals surface area contributed by atoms with Gasteiger partial charge in [-0.2, -0.15) is 10.2 Å². The first-order chi connectivity index (χ1) is 10.1. The Bertz CT molecular complexity index is 682. The van der Waals surface area contributed by atoms with E-state index in [9.17, 15) is 0 Å². The number of nitrogens with one attached hydrogen (secondary N) is 1. The molecular weight excluding hydrogens is 288 g/mol. The van der Waals surface area contributed by atoms with E-state index in [2.05, 4.69) is 16.4 Å². The first-order valence-electron chi connectivity index (χ1n) is 6.50. The normalized spacial score (nSPS) is 9.95. The van der Waals surface area contributed by atoms with Crippen LogP contribution in [0.15, 0.2) is 30.3 Å². The molecule has 0 bridgehead atoms. The molecule has 0 amide bonds. The monoisotopic (exact) mass is 302 g/mol. The molecule has 0 radical (unpaired) electrons. The summed E-state index contributed by atoms with van der Waals surface area (Å²) in [5.41, 5.74) is 7.41. The van der Waals surface area contributed by atoms with E-state index in [-0.39, 0.29) is 0 Å². The van der Waals surface area contributed by atoms with Gasteiger partial charge in [0.25, 0.3) is 0 Å². The maximum absolute atomic E-state index is 8.92. The van der Waals surface area contributed by atoms with Crippen LogP contribution in [0, 0.1) is 11.3 Å². The Hall–Kier alpha value is -2.45. The molecule has 0 saturated heterocycles. The number of anilines is 3. The van der Waals surface area contributed by atoms with Crippen LogP contribution in [-0.2, 0) is 0 Å². The lowest BCUT2D eigenvalue weighted by Crippen LogP contribution is -2.03. The zero-order chi connectivity index (χ0) is 15.2. The molecule has 108 valence electrons. The van der Waals surface area contributed by atoms with E-state index in [0.29, 0.717) is 40.3 Å². The summed E-state index contributed by atoms with van der Waals surface area (Å²) in [5, 5.41) is 12.5. The van der Waals surface area contributed by atoms with Crippen molar-refractivity contribution in [2.24, 2.45) is 0 Å². The summed E-state index contributed by atoms with van der Waals surface area (Å²) >= 11 is 6.10. The second-order valence-electron chi connectivity index (χ2n) is 4.37. The fourth-order valence-electron chi connectivity index (χ4n) is 1.66. The van der Waals surface area contributed by atoms with Gasteiger partial charge in [-0.15, -0.1) is 0 Å². The SMILES string of the molecule is CCCOc1nc(Nc2cc(C#N)ccc2Cl)ccc1N. The number of halogens is 1. The molecule has 0 aliphatic heterocycles. The highest BCUT2D eigenvalue weighted by atomic mass is 35.5. The minimum atomic E-state index is 0.384. The molecule has 2 aromatic rings. The van der Waals surface area contributed by atoms with Gasteiger partial charge < -0.3 is 15.8 Å². The summed E-state index contributed by atoms with van der Waals surface area (Å²) < 4.78 is 5.48. The predicted octanol–water partition coefficient (Wildman–Crippen LogP) is 3.72. The molecule has 1 heterocycles. The van der Waals surface area contributed by atoms with Crippen LogP contribution in [0.1, 0.15) is 18.9 Å². The molecule has 0 aliphatic carbocycles. The van der Waals surface area contributed by atoms with Crippen LogP contribution < -0.4 is 15.8 Å². The van der Waals surface area contributed by atoms with Crippen molar-refractivity contribution in [3.63, 3.8) is 0 Å². The lowest BCUT2D eigenvalue weighted by atomic mass is 10.2. The Morgan fingerprint density at radius 3 is 2.90 bits per heavy atom. The Kier molecular flexibility index (Phi) is 4.85. The standard InChI is InChI=1S/C15H15ClN4O/c1-2-7-21-15-12(18)5-6-14(20-15)19-13-8-10(9-17)3-4-11(13)16/h3-6,8H,2,7,18H2,1H3,(H,19,20). The second-order valence-corrected chi connectivity index (χ2v) is 4.78. The summed E-state index contributed by atoms with van der Waals surface area (Å²) in [5.74, 6) is 0.932. The third-order valence-electron chi connectivity index (χ3n) is 2.69. The van der Waals surface area contributed by atoms with E-state index < -0.39 is 0 Å². The second kappa shape index (κ2) is 6.82. The van der Waals surface area contributed by atoms with Crippen LogP contribution in [0.4, 0.5) is 17.2 Å². The van der Waals surface area contributed by atoms with E-state index >= 15 is 0 Å². The molecule has 0 fully saturated rings. The largest absolute Gasteiger partial charge is 0.476 e. The minimum absolute atomic E-state index is 0.384. The number of nitriles is 1. The van der Waals surface area contributed by atoms with Crippen molar-refractivity contribution in [1.29, 1.82) is 5.26 Å². The number of ether oxygens (including phenoxy) is 1. The summed E-state index contributed by atoms with van der Waals surface area (Å²) in [6.45, 7) is 2.55. The van der Waals surface area contributed by atoms with Crippen LogP contribution in [0.3, 0.4) is 0 Å². The van der Waals surface area contributed by atoms with Crippen molar-refractivity contribution in [3.8, 4) is 11.9 Å². The van der Waals surface area contributed by atoms with Crippen molar-refractivity contribution >= 4 is 28.8 Å². The Morgan fingerprint density at radius 1 is 1.38 bits per heavy atom. The minimum Gasteiger partial charge on any atom is -0.476 e. The number of aromatic nitrogens is 1. The number of hydrogen-bond donors (Lipinski definition) is 2. The van der Waals surface area contributed by atoms with Crippen LogP contribution >= 0.6 is 11.6 Å². The van der Waals surface area contributed by atoms with Crippen molar-refractivity contribution < 1.29 is 4.74 Å². The van der Waals surface area contributed by atoms with E-state index in [4.69, 9.17) is 27.3 Å². The fourth-order valence-corrected chi connectivity index (χ4v) is 1.83. The third kappa shape index (κ3) is 3.77. The van der Waals surface area contributed by atoms with Crippen LogP contribution in [0.2, 0.25) is 5.02 Å². The van der Waals surface area contributed by atoms with E-state index in [1.807, 2.05) is 6.92 Å². The van der Waals surface area contributed by atoms with Gasteiger partial charge in [-0.3, -0.25) is 0 Å². The van der Waals surface area contributed by atoms with Gasteiger partial charge >= 0.3 is 0 Å². The number of hydrogen-bond acceptors (Lipinski definition) is 5. The maximum Gasteiger partial charge on any atom is 0.239 e. The predicted molar refractivity (Wildman–Crippen MR) is 83.9 cm³/mol. The zero-order valence-electron chi connectivity index (χ0n) is 11.6. The smallest absolute Gasteiger partial charge is 0.239 e. The van der Waals surface area contributed by atoms with Gasteiger partial charge in [0, 0.05) is 0 Å². The van der Waals surface area contributed by atoms with Crippen molar-refractivity contribution in [3.05, 3.63) is 40.9 Å². The van der Waals surface area contributed by atoms with Crippen molar-refractivity contribution in [2.75, 3.05) is 17.7 Å². The Morgan fingerprint density at radius 2 is 2.19 bits per heavy atom. The van der Waals surface area contributed by atoms with E-state index in [1.54, 1.807) is 30.3 Å². The van der Waals surface area contributed by atoms with E-state index in [1.165, 1.54) is 0 Å². The van der Waals surface area contributed by atoms with Crippen LogP contribution in [-0.4, -0.2) is 11.6 Å². The summed E-state index contributed by atoms with van der Waals surface area (Å²) in [6.07, 6.45) is 0.870. The first kappa shape index (κ1) is 14.9. The highest BCUT2D eigenvalue weighted by molar-refractivity contribution is 6.33. The van der Waals surface area contributed by atoms with Crippen LogP contribution in [0.25, 0.3) is 0 Å². The maximum atomic E-state index is 8.92. The molecular formula is C15H15ClN4O. The number of nitrogens with zero attached hydrogens (tertiary/aromatic N) is 2. The highest BCUT2D eigenvalue weighted by Crippen LogP contribution is 2.28. The molecule has 0 saturated carbocycles. The van der Waals surface area contributed by atoms with Gasteiger partial charge in [-0.05, 0) is 36.8 Å². The average Bonchev–Trinajstić information content (AvgIpc) is 2.50. The lowest BCUT2D eigenvalue weighted by Gasteiger charge is -2.11. The van der Waals surface area contributed by atoms with Crippen LogP contribution in [0.5, 0.6) is 5.88 Å². The van der Waals surface area contributed by atoms with Gasteiger partial charge in [-0.25, -0.2) is 0 Å². The topological polar surface area (TPSA) is 84.0 Å². The van der Waals surface area contributed by atoms with E-state index in [0.717, 1.165) is 6.42 Å². The van der Waals surface area contributed by atoms with Gasteiger partial charge in [0.05, 0.1) is 34.6 Å². The first-order valence-corrected chi connectivity index (χ1v) is 6.88. The molecule has 0 unspecified atom stereocenters. The summed E-state index contributed by atoms with van der Waals surface area (Å²) in [6, 6.07) is 10.5. The van der Waals surface area contributed by atoms with Gasteiger partial charge in [0.1, 0.15) is 5.82 Å². The summed E-state index contributed by atoms with van der Waals surface area (Å²) in [4.78, 5) is 4.30. The molecule has 0 atom stereocenters. The van der Waals surface area contributed by atoms with Crippen molar-refractivity contribution in [1.82, 2.24) is 4.98 Å². The molecule has 21 heavy (non-hydrogen) atoms. The van der Waals surface area contributed by atoms with Gasteiger partial charge in [-0.1, -0.05) is 18.5 Å². The number of nitrogens with two attached hydrogens (primary N) is 1. The Balaban J connectivity index is 2.25. The third-order valence-corrected chi connectivity index (χ3v) is 3.02. The molecule has 1 aromatic heterocycles. The molecule has 0 spiro atoms. The quantitative estimate of drug-likeness (QED) is 0.879. The molecule has 2 rings (SSSR count). The number of benzene rings is 1. The molecule has 3 N–H and O–H groups in total. The molecule has 0 aliphatic rings. The Labute approximate surface area is 128 Å². The van der Waals surface area contributed by atoms with Crippen molar-refractivity contribution in [2.45, 2.75) is 13.3 Å². The zero-order valence-corrected chi connectivity index (χ0v) is 12.3. The number of nitrogen functional groups attached to an aromatic ring is 1. The lowest BCUT2D eigenvalue weighted by molar-refractivity contribution is 0.307. The van der Waals surface area contributed by atoms with Gasteiger partial charge in [0.15, 0.2) is 0 Å². The summed E-state index contributed by atoms with van der Waals surface area (Å²) in [7, 11) is 0. The average molecular weight is 303 g/mol. The number of pyridine rings is 1. The molecule has 6 heteroatoms.